The molecule has 6 heteroatoms. The molecular weight excluding hydrogens is 244 g/mol. The van der Waals surface area contributed by atoms with E-state index in [0.717, 1.165) is 13.1 Å². The Labute approximate surface area is 114 Å². The van der Waals surface area contributed by atoms with E-state index in [-0.39, 0.29) is 18.1 Å². The van der Waals surface area contributed by atoms with Crippen LogP contribution in [0.2, 0.25) is 0 Å². The molecule has 2 atom stereocenters. The standard InChI is InChI=1S/C13H24N4O2/c1-19-13(18)12-7-11(15-16-14)9-17(12)8-10-5-3-2-4-6-10/h10-12H,2-9H2,1H3,(H2,14,15)/t11-,12-/m0/s1. The van der Waals surface area contributed by atoms with Crippen LogP contribution in [0.4, 0.5) is 0 Å². The second-order valence-electron chi connectivity index (χ2n) is 5.62. The average Bonchev–Trinajstić information content (AvgIpc) is 2.82. The fourth-order valence-electron chi connectivity index (χ4n) is 3.34. The molecule has 1 saturated carbocycles. The Morgan fingerprint density at radius 2 is 2.11 bits per heavy atom. The largest absolute Gasteiger partial charge is 0.468 e. The molecule has 0 radical (unpaired) electrons. The van der Waals surface area contributed by atoms with E-state index in [4.69, 9.17) is 10.6 Å². The van der Waals surface area contributed by atoms with Gasteiger partial charge in [-0.25, -0.2) is 0 Å². The number of esters is 1. The first kappa shape index (κ1) is 14.2. The Kier molecular flexibility index (Phi) is 5.13. The maximum Gasteiger partial charge on any atom is 0.323 e. The summed E-state index contributed by atoms with van der Waals surface area (Å²) < 4.78 is 4.90. The zero-order chi connectivity index (χ0) is 13.7. The molecule has 0 unspecified atom stereocenters. The minimum atomic E-state index is -0.178. The van der Waals surface area contributed by atoms with Crippen molar-refractivity contribution in [2.75, 3.05) is 20.2 Å². The number of hydrogen-bond acceptors (Lipinski definition) is 5. The summed E-state index contributed by atoms with van der Waals surface area (Å²) >= 11 is 0. The van der Waals surface area contributed by atoms with Crippen molar-refractivity contribution in [1.82, 2.24) is 4.90 Å². The van der Waals surface area contributed by atoms with Crippen molar-refractivity contribution in [3.8, 4) is 0 Å². The fraction of sp³-hybridized carbons (Fsp3) is 0.923. The second kappa shape index (κ2) is 6.84. The highest BCUT2D eigenvalue weighted by Gasteiger charge is 2.38. The zero-order valence-electron chi connectivity index (χ0n) is 11.6. The van der Waals surface area contributed by atoms with Gasteiger partial charge in [-0.05, 0) is 25.2 Å². The summed E-state index contributed by atoms with van der Waals surface area (Å²) in [5.74, 6) is 5.66. The Balaban J connectivity index is 1.96. The molecule has 108 valence electrons. The van der Waals surface area contributed by atoms with E-state index in [9.17, 15) is 4.79 Å². The monoisotopic (exact) mass is 268 g/mol. The van der Waals surface area contributed by atoms with Crippen LogP contribution in [0.1, 0.15) is 38.5 Å². The van der Waals surface area contributed by atoms with Gasteiger partial charge in [-0.2, -0.15) is 5.11 Å². The molecule has 2 aliphatic rings. The van der Waals surface area contributed by atoms with Gasteiger partial charge in [-0.3, -0.25) is 9.69 Å². The lowest BCUT2D eigenvalue weighted by Gasteiger charge is -2.29. The maximum atomic E-state index is 11.8. The lowest BCUT2D eigenvalue weighted by atomic mass is 9.89. The minimum Gasteiger partial charge on any atom is -0.468 e. The Morgan fingerprint density at radius 1 is 1.37 bits per heavy atom. The third-order valence-electron chi connectivity index (χ3n) is 4.30. The Morgan fingerprint density at radius 3 is 2.74 bits per heavy atom. The average molecular weight is 268 g/mol. The van der Waals surface area contributed by atoms with Crippen molar-refractivity contribution in [2.24, 2.45) is 22.1 Å². The van der Waals surface area contributed by atoms with Crippen molar-refractivity contribution in [3.63, 3.8) is 0 Å². The molecule has 0 aromatic rings. The van der Waals surface area contributed by atoms with Crippen LogP contribution in [-0.4, -0.2) is 43.2 Å². The predicted octanol–water partition coefficient (Wildman–Crippen LogP) is 1.51. The van der Waals surface area contributed by atoms with Crippen LogP contribution in [0, 0.1) is 5.92 Å². The first-order valence-corrected chi connectivity index (χ1v) is 7.16. The summed E-state index contributed by atoms with van der Waals surface area (Å²) in [6, 6.07) is -0.153. The van der Waals surface area contributed by atoms with Crippen LogP contribution in [0.25, 0.3) is 0 Å². The molecule has 0 aromatic carbocycles. The number of carbonyl (C=O) groups is 1. The molecule has 1 heterocycles. The van der Waals surface area contributed by atoms with Gasteiger partial charge in [-0.15, -0.1) is 0 Å². The van der Waals surface area contributed by atoms with Gasteiger partial charge >= 0.3 is 5.97 Å². The van der Waals surface area contributed by atoms with E-state index < -0.39 is 0 Å². The van der Waals surface area contributed by atoms with E-state index in [2.05, 4.69) is 15.2 Å². The summed E-state index contributed by atoms with van der Waals surface area (Å²) in [6.45, 7) is 1.73. The van der Waals surface area contributed by atoms with E-state index in [0.29, 0.717) is 12.3 Å². The Hall–Kier alpha value is -1.17. The van der Waals surface area contributed by atoms with Crippen molar-refractivity contribution in [2.45, 2.75) is 50.6 Å². The van der Waals surface area contributed by atoms with Gasteiger partial charge in [-0.1, -0.05) is 24.5 Å². The van der Waals surface area contributed by atoms with Crippen LogP contribution in [0.5, 0.6) is 0 Å². The highest BCUT2D eigenvalue weighted by molar-refractivity contribution is 5.76. The van der Waals surface area contributed by atoms with Gasteiger partial charge in [0, 0.05) is 13.1 Å². The number of nitrogens with two attached hydrogens (primary N) is 1. The smallest absolute Gasteiger partial charge is 0.323 e. The third-order valence-corrected chi connectivity index (χ3v) is 4.30. The normalized spacial score (nSPS) is 29.9. The lowest BCUT2D eigenvalue weighted by Crippen LogP contribution is -2.40. The van der Waals surface area contributed by atoms with Gasteiger partial charge in [0.15, 0.2) is 0 Å². The summed E-state index contributed by atoms with van der Waals surface area (Å²) in [5, 5.41) is 7.35. The molecule has 1 aliphatic carbocycles. The number of carbonyl (C=O) groups excluding carboxylic acids is 1. The molecule has 0 amide bonds. The first-order valence-electron chi connectivity index (χ1n) is 7.16. The molecule has 1 aliphatic heterocycles. The van der Waals surface area contributed by atoms with Gasteiger partial charge in [0.05, 0.1) is 13.2 Å². The summed E-state index contributed by atoms with van der Waals surface area (Å²) in [5.41, 5.74) is 0. The molecule has 0 bridgehead atoms. The van der Waals surface area contributed by atoms with Gasteiger partial charge in [0.25, 0.3) is 0 Å². The van der Waals surface area contributed by atoms with Crippen molar-refractivity contribution < 1.29 is 9.53 Å². The molecule has 0 spiro atoms. The molecule has 6 nitrogen and oxygen atoms in total. The predicted molar refractivity (Wildman–Crippen MR) is 71.4 cm³/mol. The fourth-order valence-corrected chi connectivity index (χ4v) is 3.34. The van der Waals surface area contributed by atoms with E-state index >= 15 is 0 Å². The van der Waals surface area contributed by atoms with Crippen molar-refractivity contribution >= 4 is 5.97 Å². The Bertz CT molecular complexity index is 329. The highest BCUT2D eigenvalue weighted by atomic mass is 16.5. The molecule has 19 heavy (non-hydrogen) atoms. The number of rotatable bonds is 4. The van der Waals surface area contributed by atoms with E-state index in [1.165, 1.54) is 39.2 Å². The number of methoxy groups -OCH3 is 1. The molecule has 2 rings (SSSR count). The van der Waals surface area contributed by atoms with Crippen LogP contribution in [0.3, 0.4) is 0 Å². The van der Waals surface area contributed by atoms with E-state index in [1.54, 1.807) is 0 Å². The number of nitrogens with zero attached hydrogens (tertiary/aromatic N) is 3. The summed E-state index contributed by atoms with van der Waals surface area (Å²) in [6.07, 6.45) is 7.18. The maximum absolute atomic E-state index is 11.8. The topological polar surface area (TPSA) is 80.3 Å². The van der Waals surface area contributed by atoms with Crippen molar-refractivity contribution in [1.29, 1.82) is 0 Å². The second-order valence-corrected chi connectivity index (χ2v) is 5.62. The quantitative estimate of drug-likeness (QED) is 0.363. The van der Waals surface area contributed by atoms with Crippen LogP contribution < -0.4 is 5.84 Å². The highest BCUT2D eigenvalue weighted by Crippen LogP contribution is 2.28. The number of hydrogen-bond donors (Lipinski definition) is 1. The molecule has 2 fully saturated rings. The number of likely N-dealkylation sites (tertiary alicyclic amines) is 1. The van der Waals surface area contributed by atoms with Crippen LogP contribution >= 0.6 is 0 Å². The zero-order valence-corrected chi connectivity index (χ0v) is 11.6. The van der Waals surface area contributed by atoms with Crippen molar-refractivity contribution in [3.05, 3.63) is 0 Å². The summed E-state index contributed by atoms with van der Waals surface area (Å²) in [7, 11) is 1.44. The molecule has 0 aromatic heterocycles. The van der Waals surface area contributed by atoms with Gasteiger partial charge < -0.3 is 10.6 Å². The molecule has 1 saturated heterocycles. The summed E-state index contributed by atoms with van der Waals surface area (Å²) in [4.78, 5) is 14.1. The minimum absolute atomic E-state index is 0.0256. The molecule has 2 N–H and O–H groups in total. The number of ether oxygens (including phenoxy) is 1. The lowest BCUT2D eigenvalue weighted by molar-refractivity contribution is -0.146. The molecular formula is C13H24N4O2. The van der Waals surface area contributed by atoms with Gasteiger partial charge in [0.1, 0.15) is 6.04 Å². The first-order chi connectivity index (χ1) is 9.24. The van der Waals surface area contributed by atoms with Crippen LogP contribution in [0.15, 0.2) is 10.3 Å². The van der Waals surface area contributed by atoms with E-state index in [1.807, 2.05) is 0 Å². The van der Waals surface area contributed by atoms with Crippen LogP contribution in [-0.2, 0) is 9.53 Å². The van der Waals surface area contributed by atoms with Gasteiger partial charge in [0.2, 0.25) is 0 Å². The SMILES string of the molecule is COC(=O)[C@@H]1C[C@H](N=NN)CN1CC1CCCCC1. The third kappa shape index (κ3) is 3.65.